The maximum absolute atomic E-state index is 13.4. The molecule has 0 aliphatic heterocycles. The second-order valence-electron chi connectivity index (χ2n) is 3.46. The molecule has 0 radical (unpaired) electrons. The number of ether oxygens (including phenoxy) is 1. The van der Waals surface area contributed by atoms with Crippen molar-refractivity contribution in [3.05, 3.63) is 29.6 Å². The lowest BCUT2D eigenvalue weighted by Crippen LogP contribution is -1.94. The van der Waals surface area contributed by atoms with Gasteiger partial charge in [0.05, 0.1) is 7.18 Å². The molecule has 98 valence electrons. The zero-order chi connectivity index (χ0) is 13.1. The molecule has 17 heavy (non-hydrogen) atoms. The standard InChI is InChI=1S/C12H16F2O.CH3F/c1-2-3-4-5-10-6-7-11(15-9-13)8-12(10)14;1-2/h6-8H,2-5,9H2,1H3;1H3. The highest BCUT2D eigenvalue weighted by atomic mass is 19.1. The second kappa shape index (κ2) is 10.00. The normalized spacial score (nSPS) is 9.47. The Kier molecular flexibility index (Phi) is 9.30. The van der Waals surface area contributed by atoms with E-state index in [0.29, 0.717) is 12.7 Å². The highest BCUT2D eigenvalue weighted by Crippen LogP contribution is 2.18. The minimum absolute atomic E-state index is 0.245. The van der Waals surface area contributed by atoms with E-state index in [2.05, 4.69) is 11.7 Å². The number of hydrogen-bond acceptors (Lipinski definition) is 1. The Hall–Kier alpha value is -1.19. The van der Waals surface area contributed by atoms with Gasteiger partial charge in [0.2, 0.25) is 6.86 Å². The third-order valence-corrected chi connectivity index (χ3v) is 2.30. The van der Waals surface area contributed by atoms with Crippen LogP contribution in [-0.2, 0) is 6.42 Å². The average Bonchev–Trinajstić information content (AvgIpc) is 2.35. The zero-order valence-electron chi connectivity index (χ0n) is 10.3. The largest absolute Gasteiger partial charge is 0.463 e. The summed E-state index contributed by atoms with van der Waals surface area (Å²) in [7, 11) is 0.500. The van der Waals surface area contributed by atoms with Gasteiger partial charge in [-0.05, 0) is 24.5 Å². The van der Waals surface area contributed by atoms with Crippen molar-refractivity contribution in [3.63, 3.8) is 0 Å². The summed E-state index contributed by atoms with van der Waals surface area (Å²) in [6, 6.07) is 4.50. The molecule has 0 fully saturated rings. The van der Waals surface area contributed by atoms with E-state index < -0.39 is 6.86 Å². The molecule has 1 aromatic carbocycles. The Morgan fingerprint density at radius 3 is 2.41 bits per heavy atom. The highest BCUT2D eigenvalue weighted by molar-refractivity contribution is 5.28. The number of halogens is 3. The molecule has 0 amide bonds. The van der Waals surface area contributed by atoms with E-state index >= 15 is 0 Å². The molecule has 0 aromatic heterocycles. The van der Waals surface area contributed by atoms with E-state index in [0.717, 1.165) is 25.7 Å². The van der Waals surface area contributed by atoms with Crippen LogP contribution in [0.1, 0.15) is 31.7 Å². The third kappa shape index (κ3) is 6.19. The fourth-order valence-corrected chi connectivity index (χ4v) is 1.45. The number of rotatable bonds is 6. The van der Waals surface area contributed by atoms with E-state index in [1.165, 1.54) is 6.07 Å². The molecule has 1 rings (SSSR count). The van der Waals surface area contributed by atoms with Crippen LogP contribution in [0.4, 0.5) is 13.2 Å². The summed E-state index contributed by atoms with van der Waals surface area (Å²) in [5.41, 5.74) is 0.676. The van der Waals surface area contributed by atoms with Gasteiger partial charge in [-0.2, -0.15) is 0 Å². The molecule has 4 heteroatoms. The number of alkyl halides is 2. The molecule has 0 atom stereocenters. The fraction of sp³-hybridized carbons (Fsp3) is 0.538. The van der Waals surface area contributed by atoms with Crippen LogP contribution in [0.5, 0.6) is 5.75 Å². The first-order chi connectivity index (χ1) is 8.27. The van der Waals surface area contributed by atoms with E-state index in [1.807, 2.05) is 0 Å². The molecule has 0 spiro atoms. The summed E-state index contributed by atoms with van der Waals surface area (Å²) in [5, 5.41) is 0. The lowest BCUT2D eigenvalue weighted by atomic mass is 10.1. The maximum Gasteiger partial charge on any atom is 0.228 e. The third-order valence-electron chi connectivity index (χ3n) is 2.30. The molecule has 1 nitrogen and oxygen atoms in total. The molecule has 0 unspecified atom stereocenters. The summed E-state index contributed by atoms with van der Waals surface area (Å²) in [6.45, 7) is 1.18. The topological polar surface area (TPSA) is 9.23 Å². The molecule has 1 aromatic rings. The van der Waals surface area contributed by atoms with Crippen molar-refractivity contribution in [2.24, 2.45) is 0 Å². The summed E-state index contributed by atoms with van der Waals surface area (Å²) in [6.07, 6.45) is 3.93. The summed E-state index contributed by atoms with van der Waals surface area (Å²) >= 11 is 0. The molecule has 0 aliphatic carbocycles. The molecule has 0 saturated carbocycles. The second-order valence-corrected chi connectivity index (χ2v) is 3.46. The van der Waals surface area contributed by atoms with Crippen LogP contribution in [0, 0.1) is 5.82 Å². The minimum atomic E-state index is -0.922. The van der Waals surface area contributed by atoms with Crippen LogP contribution < -0.4 is 4.74 Å². The molecular weight excluding hydrogens is 229 g/mol. The summed E-state index contributed by atoms with van der Waals surface area (Å²) < 4.78 is 39.3. The first-order valence-corrected chi connectivity index (χ1v) is 5.63. The lowest BCUT2D eigenvalue weighted by Gasteiger charge is -2.05. The number of benzene rings is 1. The van der Waals surface area contributed by atoms with Crippen molar-refractivity contribution in [1.82, 2.24) is 0 Å². The van der Waals surface area contributed by atoms with Crippen LogP contribution in [0.15, 0.2) is 18.2 Å². The number of aryl methyl sites for hydroxylation is 1. The Balaban J connectivity index is 0.00000121. The molecule has 0 heterocycles. The van der Waals surface area contributed by atoms with Crippen LogP contribution in [0.3, 0.4) is 0 Å². The lowest BCUT2D eigenvalue weighted by molar-refractivity contribution is 0.191. The van der Waals surface area contributed by atoms with Gasteiger partial charge in [0.15, 0.2) is 0 Å². The molecule has 0 aliphatic rings. The van der Waals surface area contributed by atoms with Crippen molar-refractivity contribution in [3.8, 4) is 5.75 Å². The fourth-order valence-electron chi connectivity index (χ4n) is 1.45. The van der Waals surface area contributed by atoms with Gasteiger partial charge in [-0.3, -0.25) is 4.39 Å². The van der Waals surface area contributed by atoms with Gasteiger partial charge in [-0.1, -0.05) is 25.8 Å². The number of unbranched alkanes of at least 4 members (excludes halogenated alkanes) is 2. The quantitative estimate of drug-likeness (QED) is 0.676. The van der Waals surface area contributed by atoms with Crippen LogP contribution in [0.2, 0.25) is 0 Å². The predicted molar refractivity (Wildman–Crippen MR) is 63.3 cm³/mol. The first-order valence-electron chi connectivity index (χ1n) is 5.63. The van der Waals surface area contributed by atoms with E-state index in [4.69, 9.17) is 0 Å². The number of hydrogen-bond donors (Lipinski definition) is 0. The van der Waals surface area contributed by atoms with Crippen molar-refractivity contribution >= 4 is 0 Å². The SMILES string of the molecule is CCCCCc1ccc(OCF)cc1F.CF. The highest BCUT2D eigenvalue weighted by Gasteiger charge is 2.03. The predicted octanol–water partition coefficient (Wildman–Crippen LogP) is 4.45. The van der Waals surface area contributed by atoms with Crippen molar-refractivity contribution in [2.45, 2.75) is 32.6 Å². The van der Waals surface area contributed by atoms with Gasteiger partial charge in [-0.15, -0.1) is 0 Å². The molecule has 0 N–H and O–H groups in total. The van der Waals surface area contributed by atoms with Crippen LogP contribution in [-0.4, -0.2) is 14.0 Å². The van der Waals surface area contributed by atoms with Crippen molar-refractivity contribution in [2.75, 3.05) is 14.0 Å². The Bertz CT molecular complexity index is 303. The van der Waals surface area contributed by atoms with Gasteiger partial charge < -0.3 is 4.74 Å². The monoisotopic (exact) mass is 248 g/mol. The Morgan fingerprint density at radius 1 is 1.18 bits per heavy atom. The Morgan fingerprint density at radius 2 is 1.88 bits per heavy atom. The first kappa shape index (κ1) is 15.8. The summed E-state index contributed by atoms with van der Waals surface area (Å²) in [5.74, 6) is -0.0636. The zero-order valence-corrected chi connectivity index (χ0v) is 10.3. The van der Waals surface area contributed by atoms with E-state index in [1.54, 1.807) is 12.1 Å². The van der Waals surface area contributed by atoms with Gasteiger partial charge in [-0.25, -0.2) is 8.78 Å². The maximum atomic E-state index is 13.4. The van der Waals surface area contributed by atoms with E-state index in [9.17, 15) is 13.2 Å². The Labute approximate surface area is 101 Å². The van der Waals surface area contributed by atoms with Crippen LogP contribution >= 0.6 is 0 Å². The van der Waals surface area contributed by atoms with Crippen molar-refractivity contribution < 1.29 is 17.9 Å². The summed E-state index contributed by atoms with van der Waals surface area (Å²) in [4.78, 5) is 0. The van der Waals surface area contributed by atoms with Gasteiger partial charge in [0.25, 0.3) is 0 Å². The molecular formula is C13H19F3O. The van der Waals surface area contributed by atoms with Crippen molar-refractivity contribution in [1.29, 1.82) is 0 Å². The average molecular weight is 248 g/mol. The van der Waals surface area contributed by atoms with Gasteiger partial charge in [0.1, 0.15) is 11.6 Å². The van der Waals surface area contributed by atoms with Crippen LogP contribution in [0.25, 0.3) is 0 Å². The smallest absolute Gasteiger partial charge is 0.228 e. The van der Waals surface area contributed by atoms with Gasteiger partial charge >= 0.3 is 0 Å². The minimum Gasteiger partial charge on any atom is -0.463 e. The molecule has 0 saturated heterocycles. The molecule has 0 bridgehead atoms. The van der Waals surface area contributed by atoms with Gasteiger partial charge in [0, 0.05) is 6.07 Å². The van der Waals surface area contributed by atoms with E-state index in [-0.39, 0.29) is 11.6 Å².